The van der Waals surface area contributed by atoms with Gasteiger partial charge < -0.3 is 10.4 Å². The summed E-state index contributed by atoms with van der Waals surface area (Å²) < 4.78 is 1.07. The van der Waals surface area contributed by atoms with Crippen molar-refractivity contribution in [1.82, 2.24) is 5.32 Å². The van der Waals surface area contributed by atoms with Gasteiger partial charge in [0.05, 0.1) is 5.92 Å². The Bertz CT molecular complexity index is 340. The predicted octanol–water partition coefficient (Wildman–Crippen LogP) is 2.71. The first-order valence-corrected chi connectivity index (χ1v) is 6.37. The minimum absolute atomic E-state index is 0.0247. The molecule has 2 N–H and O–H groups in total. The molecule has 0 amide bonds. The first kappa shape index (κ1) is 12.7. The zero-order valence-electron chi connectivity index (χ0n) is 8.66. The normalized spacial score (nSPS) is 14.9. The molecule has 2 unspecified atom stereocenters. The zero-order chi connectivity index (χ0) is 11.4. The molecule has 0 saturated heterocycles. The Morgan fingerprint density at radius 1 is 1.67 bits per heavy atom. The molecular formula is C10H14BrNO2S. The van der Waals surface area contributed by atoms with Crippen LogP contribution in [-0.2, 0) is 11.3 Å². The fourth-order valence-electron chi connectivity index (χ4n) is 1.10. The van der Waals surface area contributed by atoms with E-state index in [2.05, 4.69) is 21.2 Å². The van der Waals surface area contributed by atoms with Crippen LogP contribution in [0.4, 0.5) is 0 Å². The smallest absolute Gasteiger partial charge is 0.307 e. The summed E-state index contributed by atoms with van der Waals surface area (Å²) in [6, 6.07) is 2.01. The van der Waals surface area contributed by atoms with E-state index in [9.17, 15) is 4.79 Å². The van der Waals surface area contributed by atoms with Crippen molar-refractivity contribution in [2.24, 2.45) is 5.92 Å². The fraction of sp³-hybridized carbons (Fsp3) is 0.500. The Labute approximate surface area is 102 Å². The van der Waals surface area contributed by atoms with Crippen LogP contribution in [0.15, 0.2) is 15.9 Å². The van der Waals surface area contributed by atoms with Gasteiger partial charge in [-0.2, -0.15) is 0 Å². The molecule has 2 atom stereocenters. The highest BCUT2D eigenvalue weighted by molar-refractivity contribution is 9.10. The number of halogens is 1. The molecule has 1 rings (SSSR count). The summed E-state index contributed by atoms with van der Waals surface area (Å²) in [6.45, 7) is 4.32. The first-order chi connectivity index (χ1) is 7.00. The topological polar surface area (TPSA) is 49.3 Å². The van der Waals surface area contributed by atoms with Gasteiger partial charge in [0.25, 0.3) is 0 Å². The molecular weight excluding hydrogens is 278 g/mol. The van der Waals surface area contributed by atoms with Crippen LogP contribution in [0.5, 0.6) is 0 Å². The van der Waals surface area contributed by atoms with E-state index in [1.807, 2.05) is 18.4 Å². The predicted molar refractivity (Wildman–Crippen MR) is 65.1 cm³/mol. The third-order valence-corrected chi connectivity index (χ3v) is 4.06. The summed E-state index contributed by atoms with van der Waals surface area (Å²) in [5.41, 5.74) is 0. The summed E-state index contributed by atoms with van der Waals surface area (Å²) in [5, 5.41) is 14.0. The van der Waals surface area contributed by atoms with Crippen molar-refractivity contribution in [1.29, 1.82) is 0 Å². The van der Waals surface area contributed by atoms with Crippen LogP contribution in [-0.4, -0.2) is 17.1 Å². The van der Waals surface area contributed by atoms with Crippen LogP contribution in [0.2, 0.25) is 0 Å². The lowest BCUT2D eigenvalue weighted by Crippen LogP contribution is -2.35. The van der Waals surface area contributed by atoms with Gasteiger partial charge >= 0.3 is 5.97 Å². The second-order valence-corrected chi connectivity index (χ2v) is 5.44. The van der Waals surface area contributed by atoms with E-state index in [-0.39, 0.29) is 12.0 Å². The van der Waals surface area contributed by atoms with E-state index < -0.39 is 5.97 Å². The second-order valence-electron chi connectivity index (χ2n) is 3.53. The molecule has 5 heteroatoms. The van der Waals surface area contributed by atoms with Crippen molar-refractivity contribution >= 4 is 33.2 Å². The maximum Gasteiger partial charge on any atom is 0.307 e. The van der Waals surface area contributed by atoms with Crippen LogP contribution < -0.4 is 5.32 Å². The highest BCUT2D eigenvalue weighted by atomic mass is 79.9. The van der Waals surface area contributed by atoms with E-state index in [4.69, 9.17) is 5.11 Å². The fourth-order valence-corrected chi connectivity index (χ4v) is 2.50. The number of rotatable bonds is 5. The highest BCUT2D eigenvalue weighted by Gasteiger charge is 2.18. The van der Waals surface area contributed by atoms with Crippen molar-refractivity contribution < 1.29 is 9.90 Å². The van der Waals surface area contributed by atoms with Crippen molar-refractivity contribution in [3.05, 3.63) is 20.8 Å². The Kier molecular flexibility index (Phi) is 4.76. The third kappa shape index (κ3) is 3.93. The van der Waals surface area contributed by atoms with Gasteiger partial charge in [0.1, 0.15) is 0 Å². The van der Waals surface area contributed by atoms with Crippen LogP contribution in [0.1, 0.15) is 18.7 Å². The van der Waals surface area contributed by atoms with Gasteiger partial charge in [-0.3, -0.25) is 4.79 Å². The Hall–Kier alpha value is -0.390. The number of hydrogen-bond acceptors (Lipinski definition) is 3. The Morgan fingerprint density at radius 3 is 2.80 bits per heavy atom. The van der Waals surface area contributed by atoms with Gasteiger partial charge in [-0.25, -0.2) is 0 Å². The van der Waals surface area contributed by atoms with Gasteiger partial charge in [0.15, 0.2) is 0 Å². The van der Waals surface area contributed by atoms with Gasteiger partial charge in [-0.05, 0) is 28.9 Å². The lowest BCUT2D eigenvalue weighted by Gasteiger charge is -2.16. The second kappa shape index (κ2) is 5.63. The molecule has 84 valence electrons. The summed E-state index contributed by atoms with van der Waals surface area (Å²) in [4.78, 5) is 11.9. The van der Waals surface area contributed by atoms with E-state index in [1.54, 1.807) is 18.3 Å². The summed E-state index contributed by atoms with van der Waals surface area (Å²) >= 11 is 5.03. The van der Waals surface area contributed by atoms with Crippen molar-refractivity contribution in [3.63, 3.8) is 0 Å². The minimum atomic E-state index is -0.762. The molecule has 0 radical (unpaired) electrons. The molecule has 0 aromatic carbocycles. The van der Waals surface area contributed by atoms with E-state index in [0.717, 1.165) is 11.0 Å². The molecule has 0 fully saturated rings. The van der Waals surface area contributed by atoms with Gasteiger partial charge in [0, 0.05) is 27.3 Å². The van der Waals surface area contributed by atoms with Crippen LogP contribution in [0.3, 0.4) is 0 Å². The number of hydrogen-bond donors (Lipinski definition) is 2. The molecule has 1 heterocycles. The van der Waals surface area contributed by atoms with Crippen LogP contribution in [0, 0.1) is 5.92 Å². The largest absolute Gasteiger partial charge is 0.481 e. The van der Waals surface area contributed by atoms with Gasteiger partial charge in [0.2, 0.25) is 0 Å². The van der Waals surface area contributed by atoms with Gasteiger partial charge in [-0.1, -0.05) is 6.92 Å². The molecule has 0 aliphatic carbocycles. The molecule has 0 spiro atoms. The number of nitrogens with one attached hydrogen (secondary N) is 1. The first-order valence-electron chi connectivity index (χ1n) is 4.70. The van der Waals surface area contributed by atoms with Crippen molar-refractivity contribution in [2.75, 3.05) is 0 Å². The Balaban J connectivity index is 2.40. The van der Waals surface area contributed by atoms with Crippen LogP contribution in [0.25, 0.3) is 0 Å². The molecule has 1 aromatic rings. The maximum absolute atomic E-state index is 10.7. The summed E-state index contributed by atoms with van der Waals surface area (Å²) in [7, 11) is 0. The Morgan fingerprint density at radius 2 is 2.33 bits per heavy atom. The highest BCUT2D eigenvalue weighted by Crippen LogP contribution is 2.19. The van der Waals surface area contributed by atoms with Gasteiger partial charge in [-0.15, -0.1) is 11.3 Å². The molecule has 0 aliphatic heterocycles. The average Bonchev–Trinajstić information content (AvgIpc) is 2.59. The van der Waals surface area contributed by atoms with Crippen LogP contribution >= 0.6 is 27.3 Å². The molecule has 0 saturated carbocycles. The zero-order valence-corrected chi connectivity index (χ0v) is 11.1. The minimum Gasteiger partial charge on any atom is -0.481 e. The SMILES string of the molecule is CC(NCc1cc(Br)cs1)C(C)C(=O)O. The van der Waals surface area contributed by atoms with E-state index in [1.165, 1.54) is 4.88 Å². The molecule has 0 aliphatic rings. The molecule has 1 aromatic heterocycles. The quantitative estimate of drug-likeness (QED) is 0.877. The molecule has 0 bridgehead atoms. The lowest BCUT2D eigenvalue weighted by atomic mass is 10.0. The number of carbonyl (C=O) groups is 1. The number of aliphatic carboxylic acids is 1. The maximum atomic E-state index is 10.7. The monoisotopic (exact) mass is 291 g/mol. The number of carboxylic acids is 1. The van der Waals surface area contributed by atoms with Crippen molar-refractivity contribution in [2.45, 2.75) is 26.4 Å². The van der Waals surface area contributed by atoms with E-state index >= 15 is 0 Å². The number of carboxylic acid groups (broad SMARTS) is 1. The average molecular weight is 292 g/mol. The van der Waals surface area contributed by atoms with Crippen molar-refractivity contribution in [3.8, 4) is 0 Å². The molecule has 15 heavy (non-hydrogen) atoms. The summed E-state index contributed by atoms with van der Waals surface area (Å²) in [6.07, 6.45) is 0. The molecule has 3 nitrogen and oxygen atoms in total. The number of thiophene rings is 1. The van der Waals surface area contributed by atoms with E-state index in [0.29, 0.717) is 0 Å². The summed E-state index contributed by atoms with van der Waals surface area (Å²) in [5.74, 6) is -1.13. The lowest BCUT2D eigenvalue weighted by molar-refractivity contribution is -0.141. The standard InChI is InChI=1S/C10H14BrNO2S/c1-6(10(13)14)7(2)12-4-9-3-8(11)5-15-9/h3,5-7,12H,4H2,1-2H3,(H,13,14). The third-order valence-electron chi connectivity index (χ3n) is 2.36.